The molecule has 2 N–H and O–H groups in total. The molecule has 0 spiro atoms. The Hall–Kier alpha value is -1.39. The molecule has 0 radical (unpaired) electrons. The van der Waals surface area contributed by atoms with Crippen LogP contribution in [0.15, 0.2) is 33.8 Å². The largest absolute Gasteiger partial charge is 0.382 e. The summed E-state index contributed by atoms with van der Waals surface area (Å²) < 4.78 is 10.6. The van der Waals surface area contributed by atoms with Crippen molar-refractivity contribution < 1.29 is 9.26 Å². The number of halogens is 2. The zero-order valence-corrected chi connectivity index (χ0v) is 18.8. The van der Waals surface area contributed by atoms with Gasteiger partial charge in [-0.25, -0.2) is 0 Å². The lowest BCUT2D eigenvalue weighted by atomic mass is 10.2. The molecular formula is C18H27ClIN5O2. The maximum absolute atomic E-state index is 5.99. The van der Waals surface area contributed by atoms with Crippen molar-refractivity contribution in [1.82, 2.24) is 20.8 Å². The van der Waals surface area contributed by atoms with Crippen LogP contribution in [0.3, 0.4) is 0 Å². The van der Waals surface area contributed by atoms with E-state index in [0.717, 1.165) is 44.1 Å². The molecule has 0 aliphatic heterocycles. The van der Waals surface area contributed by atoms with E-state index >= 15 is 0 Å². The summed E-state index contributed by atoms with van der Waals surface area (Å²) >= 11 is 5.99. The van der Waals surface area contributed by atoms with Gasteiger partial charge in [-0.15, -0.1) is 24.0 Å². The summed E-state index contributed by atoms with van der Waals surface area (Å²) in [6.07, 6.45) is 2.68. The van der Waals surface area contributed by atoms with Gasteiger partial charge in [-0.1, -0.05) is 28.9 Å². The second-order valence-corrected chi connectivity index (χ2v) is 6.04. The second kappa shape index (κ2) is 13.7. The van der Waals surface area contributed by atoms with Gasteiger partial charge in [0.1, 0.15) is 0 Å². The molecule has 1 aromatic carbocycles. The first-order chi connectivity index (χ1) is 12.7. The van der Waals surface area contributed by atoms with Crippen molar-refractivity contribution in [2.45, 2.75) is 26.2 Å². The Balaban J connectivity index is 0.00000364. The minimum atomic E-state index is 0. The van der Waals surface area contributed by atoms with Crippen molar-refractivity contribution >= 4 is 41.5 Å². The number of unbranched alkanes of at least 4 members (excludes halogenated alkanes) is 1. The lowest BCUT2D eigenvalue weighted by molar-refractivity contribution is 0.143. The van der Waals surface area contributed by atoms with E-state index in [4.69, 9.17) is 20.9 Å². The van der Waals surface area contributed by atoms with E-state index in [1.165, 1.54) is 0 Å². The average Bonchev–Trinajstić information content (AvgIpc) is 3.12. The quantitative estimate of drug-likeness (QED) is 0.222. The summed E-state index contributed by atoms with van der Waals surface area (Å²) in [4.78, 5) is 8.60. The molecule has 0 fully saturated rings. The zero-order valence-electron chi connectivity index (χ0n) is 15.7. The van der Waals surface area contributed by atoms with Crippen molar-refractivity contribution in [1.29, 1.82) is 0 Å². The summed E-state index contributed by atoms with van der Waals surface area (Å²) in [7, 11) is 1.75. The minimum absolute atomic E-state index is 0. The van der Waals surface area contributed by atoms with Crippen molar-refractivity contribution in [3.05, 3.63) is 35.2 Å². The summed E-state index contributed by atoms with van der Waals surface area (Å²) in [6.45, 7) is 5.08. The molecule has 0 bridgehead atoms. The Morgan fingerprint density at radius 1 is 1.26 bits per heavy atom. The summed E-state index contributed by atoms with van der Waals surface area (Å²) in [5.41, 5.74) is 0.838. The molecule has 9 heteroatoms. The van der Waals surface area contributed by atoms with Gasteiger partial charge in [-0.05, 0) is 31.9 Å². The van der Waals surface area contributed by atoms with Crippen LogP contribution in [0.2, 0.25) is 5.02 Å². The van der Waals surface area contributed by atoms with E-state index in [1.807, 2.05) is 31.2 Å². The Morgan fingerprint density at radius 2 is 2.07 bits per heavy atom. The highest BCUT2D eigenvalue weighted by Crippen LogP contribution is 2.19. The van der Waals surface area contributed by atoms with E-state index in [-0.39, 0.29) is 24.0 Å². The Bertz CT molecular complexity index is 696. The average molecular weight is 508 g/mol. The molecule has 0 aliphatic carbocycles. The van der Waals surface area contributed by atoms with Crippen LogP contribution in [-0.4, -0.2) is 49.5 Å². The van der Waals surface area contributed by atoms with E-state index in [9.17, 15) is 0 Å². The minimum Gasteiger partial charge on any atom is -0.382 e. The summed E-state index contributed by atoms with van der Waals surface area (Å²) in [5.74, 6) is 1.87. The van der Waals surface area contributed by atoms with Crippen LogP contribution in [-0.2, 0) is 11.2 Å². The van der Waals surface area contributed by atoms with Crippen LogP contribution in [0.1, 0.15) is 25.7 Å². The topological polar surface area (TPSA) is 84.6 Å². The van der Waals surface area contributed by atoms with E-state index in [1.54, 1.807) is 7.05 Å². The van der Waals surface area contributed by atoms with Crippen LogP contribution in [0.4, 0.5) is 0 Å². The fourth-order valence-electron chi connectivity index (χ4n) is 2.29. The van der Waals surface area contributed by atoms with Crippen LogP contribution in [0.5, 0.6) is 0 Å². The van der Waals surface area contributed by atoms with Crippen LogP contribution in [0, 0.1) is 0 Å². The van der Waals surface area contributed by atoms with Crippen molar-refractivity contribution in [3.63, 3.8) is 0 Å². The Morgan fingerprint density at radius 3 is 2.81 bits per heavy atom. The Kier molecular flexibility index (Phi) is 12.0. The summed E-state index contributed by atoms with van der Waals surface area (Å²) in [5, 5.41) is 11.2. The van der Waals surface area contributed by atoms with Gasteiger partial charge in [-0.2, -0.15) is 4.98 Å². The smallest absolute Gasteiger partial charge is 0.228 e. The molecule has 0 saturated heterocycles. The molecular weight excluding hydrogens is 481 g/mol. The van der Waals surface area contributed by atoms with Crippen molar-refractivity contribution in [2.24, 2.45) is 4.99 Å². The number of ether oxygens (including phenoxy) is 1. The lowest BCUT2D eigenvalue weighted by Crippen LogP contribution is -2.38. The number of nitrogens with zero attached hydrogens (tertiary/aromatic N) is 3. The first kappa shape index (κ1) is 23.6. The van der Waals surface area contributed by atoms with Gasteiger partial charge in [0.05, 0.1) is 0 Å². The number of aliphatic imine (C=N–C) groups is 1. The number of aromatic nitrogens is 2. The molecule has 0 aliphatic rings. The van der Waals surface area contributed by atoms with Gasteiger partial charge in [0.15, 0.2) is 5.96 Å². The highest BCUT2D eigenvalue weighted by Gasteiger charge is 2.09. The highest BCUT2D eigenvalue weighted by molar-refractivity contribution is 14.0. The van der Waals surface area contributed by atoms with E-state index in [2.05, 4.69) is 25.8 Å². The van der Waals surface area contributed by atoms with Gasteiger partial charge in [0.25, 0.3) is 0 Å². The molecule has 2 aromatic rings. The van der Waals surface area contributed by atoms with Gasteiger partial charge >= 0.3 is 0 Å². The third kappa shape index (κ3) is 8.89. The number of benzene rings is 1. The molecule has 1 aromatic heterocycles. The van der Waals surface area contributed by atoms with E-state index in [0.29, 0.717) is 29.7 Å². The standard InChI is InChI=1S/C18H26ClN5O2.HI/c1-3-25-12-5-4-10-21-18(20-2)22-11-9-16-23-17(24-26-16)14-7-6-8-15(19)13-14;/h6-8,13H,3-5,9-12H2,1-2H3,(H2,20,21,22);1H. The molecule has 0 unspecified atom stereocenters. The maximum Gasteiger partial charge on any atom is 0.228 e. The highest BCUT2D eigenvalue weighted by atomic mass is 127. The molecule has 0 atom stereocenters. The molecule has 27 heavy (non-hydrogen) atoms. The van der Waals surface area contributed by atoms with Gasteiger partial charge in [-0.3, -0.25) is 4.99 Å². The third-order valence-corrected chi connectivity index (χ3v) is 3.85. The Labute approximate surface area is 182 Å². The number of hydrogen-bond acceptors (Lipinski definition) is 5. The molecule has 0 saturated carbocycles. The number of guanidine groups is 1. The lowest BCUT2D eigenvalue weighted by Gasteiger charge is -2.10. The number of rotatable bonds is 10. The third-order valence-electron chi connectivity index (χ3n) is 3.62. The summed E-state index contributed by atoms with van der Waals surface area (Å²) in [6, 6.07) is 7.38. The molecule has 150 valence electrons. The molecule has 7 nitrogen and oxygen atoms in total. The van der Waals surface area contributed by atoms with Crippen LogP contribution >= 0.6 is 35.6 Å². The molecule has 1 heterocycles. The van der Waals surface area contributed by atoms with E-state index < -0.39 is 0 Å². The fourth-order valence-corrected chi connectivity index (χ4v) is 2.48. The van der Waals surface area contributed by atoms with Gasteiger partial charge < -0.3 is 19.9 Å². The fraction of sp³-hybridized carbons (Fsp3) is 0.500. The maximum atomic E-state index is 5.99. The predicted octanol–water partition coefficient (Wildman–Crippen LogP) is 3.53. The second-order valence-electron chi connectivity index (χ2n) is 5.60. The number of nitrogens with one attached hydrogen (secondary N) is 2. The predicted molar refractivity (Wildman–Crippen MR) is 119 cm³/mol. The monoisotopic (exact) mass is 507 g/mol. The molecule has 2 rings (SSSR count). The number of hydrogen-bond donors (Lipinski definition) is 2. The first-order valence-corrected chi connectivity index (χ1v) is 9.21. The van der Waals surface area contributed by atoms with Crippen LogP contribution in [0.25, 0.3) is 11.4 Å². The molecule has 0 amide bonds. The van der Waals surface area contributed by atoms with Crippen molar-refractivity contribution in [2.75, 3.05) is 33.4 Å². The van der Waals surface area contributed by atoms with Crippen LogP contribution < -0.4 is 10.6 Å². The van der Waals surface area contributed by atoms with Crippen molar-refractivity contribution in [3.8, 4) is 11.4 Å². The SMILES string of the molecule is CCOCCCCNC(=NC)NCCc1nc(-c2cccc(Cl)c2)no1.I. The van der Waals surface area contributed by atoms with Gasteiger partial charge in [0, 0.05) is 50.4 Å². The first-order valence-electron chi connectivity index (χ1n) is 8.83. The normalized spacial score (nSPS) is 11.1. The van der Waals surface area contributed by atoms with Gasteiger partial charge in [0.2, 0.25) is 11.7 Å². The zero-order chi connectivity index (χ0) is 18.6.